The summed E-state index contributed by atoms with van der Waals surface area (Å²) >= 11 is 0. The molecule has 0 saturated carbocycles. The van der Waals surface area contributed by atoms with Crippen molar-refractivity contribution in [3.05, 3.63) is 35.4 Å². The summed E-state index contributed by atoms with van der Waals surface area (Å²) in [6, 6.07) is 8.17. The van der Waals surface area contributed by atoms with Crippen LogP contribution in [0.4, 0.5) is 0 Å². The van der Waals surface area contributed by atoms with Gasteiger partial charge in [-0.1, -0.05) is 45.0 Å². The minimum absolute atomic E-state index is 0.0505. The van der Waals surface area contributed by atoms with E-state index in [1.54, 1.807) is 6.92 Å². The van der Waals surface area contributed by atoms with E-state index in [0.717, 1.165) is 5.56 Å². The van der Waals surface area contributed by atoms with E-state index in [1.807, 2.05) is 12.1 Å². The van der Waals surface area contributed by atoms with Crippen molar-refractivity contribution < 1.29 is 14.6 Å². The van der Waals surface area contributed by atoms with Crippen molar-refractivity contribution in [2.45, 2.75) is 52.1 Å². The van der Waals surface area contributed by atoms with Crippen LogP contribution in [-0.4, -0.2) is 23.8 Å². The van der Waals surface area contributed by atoms with Crippen molar-refractivity contribution in [3.63, 3.8) is 0 Å². The van der Waals surface area contributed by atoms with Crippen LogP contribution in [0.2, 0.25) is 0 Å². The van der Waals surface area contributed by atoms with E-state index in [4.69, 9.17) is 4.74 Å². The van der Waals surface area contributed by atoms with Gasteiger partial charge in [-0.15, -0.1) is 0 Å². The fourth-order valence-corrected chi connectivity index (χ4v) is 1.90. The molecule has 1 N–H and O–H groups in total. The van der Waals surface area contributed by atoms with E-state index in [2.05, 4.69) is 32.9 Å². The topological polar surface area (TPSA) is 46.5 Å². The molecule has 0 unspecified atom stereocenters. The van der Waals surface area contributed by atoms with Gasteiger partial charge in [0.1, 0.15) is 0 Å². The third kappa shape index (κ3) is 5.43. The number of carbonyl (C=O) groups excluding carboxylic acids is 1. The number of esters is 1. The summed E-state index contributed by atoms with van der Waals surface area (Å²) in [5.41, 5.74) is 2.42. The molecule has 106 valence electrons. The zero-order valence-electron chi connectivity index (χ0n) is 12.3. The third-order valence-corrected chi connectivity index (χ3v) is 3.00. The van der Waals surface area contributed by atoms with Crippen molar-refractivity contribution in [3.8, 4) is 0 Å². The number of aliphatic hydroxyl groups excluding tert-OH is 1. The van der Waals surface area contributed by atoms with Gasteiger partial charge < -0.3 is 9.84 Å². The molecule has 0 fully saturated rings. The summed E-state index contributed by atoms with van der Waals surface area (Å²) in [6.45, 7) is 8.61. The number of hydrogen-bond acceptors (Lipinski definition) is 3. The molecule has 0 aliphatic rings. The Morgan fingerprint density at radius 3 is 2.32 bits per heavy atom. The average Bonchev–Trinajstić information content (AvgIpc) is 2.28. The van der Waals surface area contributed by atoms with Gasteiger partial charge in [-0.05, 0) is 29.9 Å². The molecule has 1 aromatic carbocycles. The Bertz CT molecular complexity index is 401. The molecule has 1 atom stereocenters. The van der Waals surface area contributed by atoms with Crippen molar-refractivity contribution >= 4 is 5.97 Å². The lowest BCUT2D eigenvalue weighted by atomic mass is 9.86. The highest BCUT2D eigenvalue weighted by Gasteiger charge is 2.15. The summed E-state index contributed by atoms with van der Waals surface area (Å²) < 4.78 is 4.82. The molecular formula is C16H24O3. The SMILES string of the molecule is CCOC(=O)C[C@H](O)Cc1ccc(C(C)(C)C)cc1. The number of aliphatic hydroxyl groups is 1. The first-order valence-corrected chi connectivity index (χ1v) is 6.76. The highest BCUT2D eigenvalue weighted by atomic mass is 16.5. The van der Waals surface area contributed by atoms with Crippen LogP contribution in [-0.2, 0) is 21.4 Å². The predicted molar refractivity (Wildman–Crippen MR) is 76.1 cm³/mol. The van der Waals surface area contributed by atoms with Gasteiger partial charge in [-0.2, -0.15) is 0 Å². The molecule has 3 heteroatoms. The van der Waals surface area contributed by atoms with Crippen molar-refractivity contribution in [2.24, 2.45) is 0 Å². The first kappa shape index (κ1) is 15.7. The lowest BCUT2D eigenvalue weighted by Crippen LogP contribution is -2.18. The Balaban J connectivity index is 2.56. The van der Waals surface area contributed by atoms with Crippen LogP contribution >= 0.6 is 0 Å². The smallest absolute Gasteiger partial charge is 0.308 e. The maximum atomic E-state index is 11.2. The maximum Gasteiger partial charge on any atom is 0.308 e. The molecule has 0 amide bonds. The summed E-state index contributed by atoms with van der Waals surface area (Å²) in [4.78, 5) is 11.2. The van der Waals surface area contributed by atoms with Gasteiger partial charge in [-0.25, -0.2) is 0 Å². The fourth-order valence-electron chi connectivity index (χ4n) is 1.90. The molecule has 0 radical (unpaired) electrons. The highest BCUT2D eigenvalue weighted by Crippen LogP contribution is 2.22. The van der Waals surface area contributed by atoms with Crippen LogP contribution in [0.5, 0.6) is 0 Å². The van der Waals surface area contributed by atoms with Crippen LogP contribution in [0.15, 0.2) is 24.3 Å². The molecule has 0 aromatic heterocycles. The van der Waals surface area contributed by atoms with Gasteiger partial charge in [0.25, 0.3) is 0 Å². The Kier molecular flexibility index (Phi) is 5.55. The number of carbonyl (C=O) groups is 1. The first-order valence-electron chi connectivity index (χ1n) is 6.76. The maximum absolute atomic E-state index is 11.2. The van der Waals surface area contributed by atoms with Crippen molar-refractivity contribution in [1.29, 1.82) is 0 Å². The van der Waals surface area contributed by atoms with Crippen molar-refractivity contribution in [1.82, 2.24) is 0 Å². The van der Waals surface area contributed by atoms with Crippen LogP contribution in [0.25, 0.3) is 0 Å². The number of benzene rings is 1. The molecule has 0 bridgehead atoms. The number of ether oxygens (including phenoxy) is 1. The fraction of sp³-hybridized carbons (Fsp3) is 0.562. The van der Waals surface area contributed by atoms with Crippen LogP contribution < -0.4 is 0 Å². The van der Waals surface area contributed by atoms with Gasteiger partial charge in [0.2, 0.25) is 0 Å². The quantitative estimate of drug-likeness (QED) is 0.832. The number of rotatable bonds is 5. The molecule has 1 rings (SSSR count). The molecule has 19 heavy (non-hydrogen) atoms. The van der Waals surface area contributed by atoms with Crippen LogP contribution in [0, 0.1) is 0 Å². The Morgan fingerprint density at radius 2 is 1.84 bits per heavy atom. The van der Waals surface area contributed by atoms with Gasteiger partial charge in [0, 0.05) is 0 Å². The Morgan fingerprint density at radius 1 is 1.26 bits per heavy atom. The van der Waals surface area contributed by atoms with Gasteiger partial charge in [-0.3, -0.25) is 4.79 Å². The molecule has 0 spiro atoms. The standard InChI is InChI=1S/C16H24O3/c1-5-19-15(18)11-14(17)10-12-6-8-13(9-7-12)16(2,3)4/h6-9,14,17H,5,10-11H2,1-4H3/t14-/m1/s1. The van der Waals surface area contributed by atoms with E-state index in [1.165, 1.54) is 5.56 Å². The summed E-state index contributed by atoms with van der Waals surface area (Å²) in [6.07, 6.45) is -0.155. The van der Waals surface area contributed by atoms with E-state index < -0.39 is 6.10 Å². The average molecular weight is 264 g/mol. The molecular weight excluding hydrogens is 240 g/mol. The third-order valence-electron chi connectivity index (χ3n) is 3.00. The monoisotopic (exact) mass is 264 g/mol. The Hall–Kier alpha value is -1.35. The van der Waals surface area contributed by atoms with Crippen molar-refractivity contribution in [2.75, 3.05) is 6.61 Å². The van der Waals surface area contributed by atoms with E-state index in [0.29, 0.717) is 13.0 Å². The Labute approximate surface area is 115 Å². The van der Waals surface area contributed by atoms with E-state index >= 15 is 0 Å². The van der Waals surface area contributed by atoms with Crippen LogP contribution in [0.3, 0.4) is 0 Å². The molecule has 3 nitrogen and oxygen atoms in total. The number of hydrogen-bond donors (Lipinski definition) is 1. The lowest BCUT2D eigenvalue weighted by Gasteiger charge is -2.19. The highest BCUT2D eigenvalue weighted by molar-refractivity contribution is 5.69. The molecule has 0 heterocycles. The first-order chi connectivity index (χ1) is 8.82. The largest absolute Gasteiger partial charge is 0.466 e. The molecule has 1 aromatic rings. The lowest BCUT2D eigenvalue weighted by molar-refractivity contribution is -0.145. The second-order valence-corrected chi connectivity index (χ2v) is 5.81. The van der Waals surface area contributed by atoms with E-state index in [-0.39, 0.29) is 17.8 Å². The minimum atomic E-state index is -0.681. The summed E-state index contributed by atoms with van der Waals surface area (Å²) in [7, 11) is 0. The van der Waals surface area contributed by atoms with Gasteiger partial charge in [0.05, 0.1) is 19.1 Å². The molecule has 0 aliphatic heterocycles. The zero-order chi connectivity index (χ0) is 14.5. The second-order valence-electron chi connectivity index (χ2n) is 5.81. The molecule has 0 saturated heterocycles. The van der Waals surface area contributed by atoms with Gasteiger partial charge >= 0.3 is 5.97 Å². The minimum Gasteiger partial charge on any atom is -0.466 e. The van der Waals surface area contributed by atoms with Gasteiger partial charge in [0.15, 0.2) is 0 Å². The molecule has 0 aliphatic carbocycles. The predicted octanol–water partition coefficient (Wildman–Crippen LogP) is 2.84. The van der Waals surface area contributed by atoms with Crippen LogP contribution in [0.1, 0.15) is 45.2 Å². The second kappa shape index (κ2) is 6.71. The normalized spacial score (nSPS) is 13.1. The zero-order valence-corrected chi connectivity index (χ0v) is 12.3. The summed E-state index contributed by atoms with van der Waals surface area (Å²) in [5.74, 6) is -0.346. The summed E-state index contributed by atoms with van der Waals surface area (Å²) in [5, 5.41) is 9.83. The van der Waals surface area contributed by atoms with E-state index in [9.17, 15) is 9.90 Å².